The number of aliphatic hydroxyl groups is 1. The molecule has 4 rings (SSSR count). The summed E-state index contributed by atoms with van der Waals surface area (Å²) >= 11 is 0. The molecule has 148 valence electrons. The van der Waals surface area contributed by atoms with Gasteiger partial charge in [-0.05, 0) is 38.1 Å². The zero-order valence-corrected chi connectivity index (χ0v) is 16.3. The molecule has 29 heavy (non-hydrogen) atoms. The van der Waals surface area contributed by atoms with Gasteiger partial charge in [0.2, 0.25) is 0 Å². The molecule has 0 saturated heterocycles. The Balaban J connectivity index is 1.92. The molecule has 0 spiro atoms. The minimum atomic E-state index is -0.902. The van der Waals surface area contributed by atoms with Gasteiger partial charge in [-0.2, -0.15) is 15.0 Å². The van der Waals surface area contributed by atoms with Crippen LogP contribution in [0.1, 0.15) is 32.5 Å². The quantitative estimate of drug-likeness (QED) is 0.485. The number of aliphatic hydroxyl groups excluding tert-OH is 1. The van der Waals surface area contributed by atoms with Gasteiger partial charge in [0.1, 0.15) is 29.1 Å². The Morgan fingerprint density at radius 3 is 2.72 bits per heavy atom. The second-order valence-electron chi connectivity index (χ2n) is 6.93. The molecule has 9 heteroatoms. The Bertz CT molecular complexity index is 1180. The number of nitrogens with zero attached hydrogens (tertiary/aromatic N) is 7. The smallest absolute Gasteiger partial charge is 0.163 e. The summed E-state index contributed by atoms with van der Waals surface area (Å²) in [5.74, 6) is 0.824. The summed E-state index contributed by atoms with van der Waals surface area (Å²) in [4.78, 5) is 15.2. The normalized spacial score (nSPS) is 12.6. The predicted molar refractivity (Wildman–Crippen MR) is 111 cm³/mol. The van der Waals surface area contributed by atoms with Crippen LogP contribution in [-0.2, 0) is 0 Å². The third kappa shape index (κ3) is 3.36. The number of rotatable bonds is 6. The monoisotopic (exact) mass is 390 g/mol. The average molecular weight is 390 g/mol. The van der Waals surface area contributed by atoms with E-state index in [4.69, 9.17) is 10.7 Å². The Morgan fingerprint density at radius 1 is 1.21 bits per heavy atom. The van der Waals surface area contributed by atoms with Crippen molar-refractivity contribution in [2.75, 3.05) is 5.73 Å². The van der Waals surface area contributed by atoms with Crippen molar-refractivity contribution >= 4 is 17.0 Å². The number of imidazole rings is 1. The van der Waals surface area contributed by atoms with E-state index < -0.39 is 6.23 Å². The van der Waals surface area contributed by atoms with E-state index in [1.165, 1.54) is 0 Å². The van der Waals surface area contributed by atoms with Crippen LogP contribution in [0.3, 0.4) is 0 Å². The first-order chi connectivity index (χ1) is 14.0. The van der Waals surface area contributed by atoms with Gasteiger partial charge in [0.25, 0.3) is 0 Å². The lowest BCUT2D eigenvalue weighted by molar-refractivity contribution is 0.113. The number of fused-ring (bicyclic) bond motifs is 1. The van der Waals surface area contributed by atoms with E-state index in [0.29, 0.717) is 46.2 Å². The number of anilines is 1. The van der Waals surface area contributed by atoms with Crippen molar-refractivity contribution < 1.29 is 5.11 Å². The molecule has 4 aromatic rings. The van der Waals surface area contributed by atoms with Crippen LogP contribution in [0.2, 0.25) is 0 Å². The van der Waals surface area contributed by atoms with Gasteiger partial charge in [0, 0.05) is 12.6 Å². The summed E-state index contributed by atoms with van der Waals surface area (Å²) in [5, 5.41) is 19.6. The second kappa shape index (κ2) is 7.44. The molecule has 0 aliphatic heterocycles. The minimum Gasteiger partial charge on any atom is -0.383 e. The molecule has 0 aromatic carbocycles. The molecule has 0 saturated carbocycles. The van der Waals surface area contributed by atoms with Crippen LogP contribution in [0, 0.1) is 0 Å². The lowest BCUT2D eigenvalue weighted by Gasteiger charge is -2.15. The van der Waals surface area contributed by atoms with Crippen LogP contribution < -0.4 is 5.73 Å². The highest BCUT2D eigenvalue weighted by molar-refractivity contribution is 5.82. The SMILES string of the molecule is C=CCC(O)n1c(-c2cccnc2N)nc2ccc(-c3cnn(C(C)C)n3)nc21. The van der Waals surface area contributed by atoms with Gasteiger partial charge >= 0.3 is 0 Å². The fourth-order valence-corrected chi connectivity index (χ4v) is 3.09. The molecular weight excluding hydrogens is 368 g/mol. The van der Waals surface area contributed by atoms with Crippen LogP contribution in [0.5, 0.6) is 0 Å². The van der Waals surface area contributed by atoms with Gasteiger partial charge in [0.05, 0.1) is 23.5 Å². The number of nitrogens with two attached hydrogens (primary N) is 1. The molecule has 4 aromatic heterocycles. The number of nitrogen functional groups attached to an aromatic ring is 1. The van der Waals surface area contributed by atoms with Gasteiger partial charge in [-0.15, -0.1) is 6.58 Å². The molecule has 9 nitrogen and oxygen atoms in total. The zero-order chi connectivity index (χ0) is 20.5. The first kappa shape index (κ1) is 18.8. The van der Waals surface area contributed by atoms with Gasteiger partial charge in [-0.3, -0.25) is 4.57 Å². The van der Waals surface area contributed by atoms with E-state index >= 15 is 0 Å². The summed E-state index contributed by atoms with van der Waals surface area (Å²) in [6.07, 6.45) is 4.36. The van der Waals surface area contributed by atoms with Gasteiger partial charge in [0.15, 0.2) is 5.65 Å². The fourth-order valence-electron chi connectivity index (χ4n) is 3.09. The van der Waals surface area contributed by atoms with Crippen LogP contribution in [-0.4, -0.2) is 39.6 Å². The van der Waals surface area contributed by atoms with Crippen molar-refractivity contribution in [2.45, 2.75) is 32.5 Å². The van der Waals surface area contributed by atoms with E-state index in [1.54, 1.807) is 33.9 Å². The Labute approximate surface area is 167 Å². The standard InChI is InChI=1S/C20H22N8O/c1-4-6-17(29)27-19(13-7-5-10-22-18(13)21)25-15-9-8-14(24-20(15)27)16-11-23-28(26-16)12(2)3/h4-5,7-12,17,29H,1,6H2,2-3H3,(H2,21,22). The van der Waals surface area contributed by atoms with Gasteiger partial charge in [-0.25, -0.2) is 15.0 Å². The van der Waals surface area contributed by atoms with E-state index in [-0.39, 0.29) is 6.04 Å². The van der Waals surface area contributed by atoms with Crippen LogP contribution in [0.4, 0.5) is 5.82 Å². The molecule has 0 amide bonds. The van der Waals surface area contributed by atoms with E-state index in [0.717, 1.165) is 0 Å². The maximum Gasteiger partial charge on any atom is 0.163 e. The van der Waals surface area contributed by atoms with Crippen molar-refractivity contribution in [1.29, 1.82) is 0 Å². The molecule has 0 bridgehead atoms. The molecular formula is C20H22N8O. The third-order valence-electron chi connectivity index (χ3n) is 4.53. The van der Waals surface area contributed by atoms with Crippen molar-refractivity contribution in [2.24, 2.45) is 0 Å². The van der Waals surface area contributed by atoms with Crippen molar-refractivity contribution in [3.63, 3.8) is 0 Å². The van der Waals surface area contributed by atoms with Gasteiger partial charge in [-0.1, -0.05) is 6.08 Å². The van der Waals surface area contributed by atoms with E-state index in [1.807, 2.05) is 32.0 Å². The maximum absolute atomic E-state index is 10.8. The highest BCUT2D eigenvalue weighted by Gasteiger charge is 2.21. The molecule has 0 fully saturated rings. The molecule has 3 N–H and O–H groups in total. The van der Waals surface area contributed by atoms with Crippen LogP contribution in [0.25, 0.3) is 33.9 Å². The summed E-state index contributed by atoms with van der Waals surface area (Å²) in [6.45, 7) is 7.73. The molecule has 0 radical (unpaired) electrons. The second-order valence-corrected chi connectivity index (χ2v) is 6.93. The number of hydrogen-bond acceptors (Lipinski definition) is 7. The first-order valence-electron chi connectivity index (χ1n) is 9.30. The van der Waals surface area contributed by atoms with Gasteiger partial charge < -0.3 is 10.8 Å². The van der Waals surface area contributed by atoms with Crippen LogP contribution >= 0.6 is 0 Å². The zero-order valence-electron chi connectivity index (χ0n) is 16.3. The van der Waals surface area contributed by atoms with Crippen molar-refractivity contribution in [1.82, 2.24) is 34.5 Å². The number of aromatic nitrogens is 7. The maximum atomic E-state index is 10.8. The fraction of sp³-hybridized carbons (Fsp3) is 0.250. The van der Waals surface area contributed by atoms with Crippen molar-refractivity contribution in [3.05, 3.63) is 49.3 Å². The Hall–Kier alpha value is -3.59. The van der Waals surface area contributed by atoms with Crippen molar-refractivity contribution in [3.8, 4) is 22.8 Å². The predicted octanol–water partition coefficient (Wildman–Crippen LogP) is 2.98. The molecule has 4 heterocycles. The lowest BCUT2D eigenvalue weighted by atomic mass is 10.2. The Kier molecular flexibility index (Phi) is 4.81. The molecule has 0 aliphatic rings. The molecule has 1 atom stereocenters. The average Bonchev–Trinajstić information content (AvgIpc) is 3.33. The topological polar surface area (TPSA) is 121 Å². The highest BCUT2D eigenvalue weighted by atomic mass is 16.3. The summed E-state index contributed by atoms with van der Waals surface area (Å²) in [6, 6.07) is 7.42. The largest absolute Gasteiger partial charge is 0.383 e. The highest BCUT2D eigenvalue weighted by Crippen LogP contribution is 2.31. The molecule has 1 unspecified atom stereocenters. The van der Waals surface area contributed by atoms with E-state index in [9.17, 15) is 5.11 Å². The first-order valence-corrected chi connectivity index (χ1v) is 9.30. The van der Waals surface area contributed by atoms with E-state index in [2.05, 4.69) is 26.7 Å². The lowest BCUT2D eigenvalue weighted by Crippen LogP contribution is -2.11. The summed E-state index contributed by atoms with van der Waals surface area (Å²) in [7, 11) is 0. The Morgan fingerprint density at radius 2 is 2.03 bits per heavy atom. The molecule has 0 aliphatic carbocycles. The van der Waals surface area contributed by atoms with Crippen LogP contribution in [0.15, 0.2) is 49.3 Å². The third-order valence-corrected chi connectivity index (χ3v) is 4.53. The number of pyridine rings is 2. The number of hydrogen-bond donors (Lipinski definition) is 2. The summed E-state index contributed by atoms with van der Waals surface area (Å²) in [5.41, 5.74) is 9.13. The summed E-state index contributed by atoms with van der Waals surface area (Å²) < 4.78 is 1.65. The minimum absolute atomic E-state index is 0.146.